The van der Waals surface area contributed by atoms with E-state index in [1.807, 2.05) is 38.2 Å². The standard InChI is InChI=1S/C17H21N/c1-7-11-13-16(14(5)6)18-17(12-8-2)15(9-3)10-4/h7-13H,1-3,5H2,4,6H3/b13-11-,15-10-,17-12+,18-16-. The quantitative estimate of drug-likeness (QED) is 0.440. The molecule has 0 aliphatic rings. The van der Waals surface area contributed by atoms with Crippen LogP contribution < -0.4 is 0 Å². The summed E-state index contributed by atoms with van der Waals surface area (Å²) in [7, 11) is 0. The molecule has 0 aromatic heterocycles. The van der Waals surface area contributed by atoms with Crippen LogP contribution >= 0.6 is 0 Å². The Balaban J connectivity index is 5.63. The molecule has 0 heterocycles. The minimum Gasteiger partial charge on any atom is -0.248 e. The number of rotatable bonds is 7. The number of nitrogens with zero attached hydrogens (tertiary/aromatic N) is 1. The van der Waals surface area contributed by atoms with Crippen LogP contribution in [0.5, 0.6) is 0 Å². The Morgan fingerprint density at radius 3 is 2.17 bits per heavy atom. The smallest absolute Gasteiger partial charge is 0.0705 e. The highest BCUT2D eigenvalue weighted by Gasteiger charge is 2.01. The summed E-state index contributed by atoms with van der Waals surface area (Å²) >= 11 is 0. The predicted octanol–water partition coefficient (Wildman–Crippen LogP) is 4.95. The van der Waals surface area contributed by atoms with Crippen molar-refractivity contribution in [2.75, 3.05) is 0 Å². The molecule has 0 saturated carbocycles. The Morgan fingerprint density at radius 2 is 1.78 bits per heavy atom. The largest absolute Gasteiger partial charge is 0.248 e. The maximum Gasteiger partial charge on any atom is 0.0705 e. The van der Waals surface area contributed by atoms with Crippen molar-refractivity contribution < 1.29 is 0 Å². The fraction of sp³-hybridized carbons (Fsp3) is 0.118. The van der Waals surface area contributed by atoms with Crippen LogP contribution in [0, 0.1) is 0 Å². The van der Waals surface area contributed by atoms with Gasteiger partial charge in [-0.3, -0.25) is 0 Å². The molecule has 0 amide bonds. The van der Waals surface area contributed by atoms with Crippen molar-refractivity contribution >= 4 is 5.71 Å². The molecule has 0 bridgehead atoms. The molecule has 94 valence electrons. The fourth-order valence-electron chi connectivity index (χ4n) is 1.24. The van der Waals surface area contributed by atoms with Crippen LogP contribution in [0.4, 0.5) is 0 Å². The number of hydrogen-bond acceptors (Lipinski definition) is 1. The molecule has 0 saturated heterocycles. The van der Waals surface area contributed by atoms with Crippen LogP contribution in [-0.2, 0) is 0 Å². The topological polar surface area (TPSA) is 12.4 Å². The molecular weight excluding hydrogens is 218 g/mol. The van der Waals surface area contributed by atoms with Crippen molar-refractivity contribution in [1.82, 2.24) is 0 Å². The van der Waals surface area contributed by atoms with E-state index in [0.29, 0.717) is 0 Å². The molecule has 0 radical (unpaired) electrons. The van der Waals surface area contributed by atoms with Crippen LogP contribution in [0.25, 0.3) is 0 Å². The van der Waals surface area contributed by atoms with E-state index < -0.39 is 0 Å². The summed E-state index contributed by atoms with van der Waals surface area (Å²) in [5.74, 6) is 0. The molecule has 0 aromatic rings. The Bertz CT molecular complexity index is 454. The van der Waals surface area contributed by atoms with Crippen LogP contribution in [0.15, 0.2) is 90.7 Å². The van der Waals surface area contributed by atoms with Crippen molar-refractivity contribution in [3.8, 4) is 0 Å². The van der Waals surface area contributed by atoms with Crippen LogP contribution in [0.1, 0.15) is 13.8 Å². The average molecular weight is 239 g/mol. The van der Waals surface area contributed by atoms with Crippen molar-refractivity contribution in [3.63, 3.8) is 0 Å². The highest BCUT2D eigenvalue weighted by atomic mass is 14.8. The lowest BCUT2D eigenvalue weighted by Gasteiger charge is -2.05. The highest BCUT2D eigenvalue weighted by Crippen LogP contribution is 2.15. The first-order chi connectivity index (χ1) is 8.60. The summed E-state index contributed by atoms with van der Waals surface area (Å²) in [4.78, 5) is 4.58. The van der Waals surface area contributed by atoms with Gasteiger partial charge < -0.3 is 0 Å². The maximum atomic E-state index is 4.58. The molecule has 1 heteroatoms. The Hall–Kier alpha value is -2.15. The zero-order valence-corrected chi connectivity index (χ0v) is 11.3. The second-order valence-electron chi connectivity index (χ2n) is 3.61. The van der Waals surface area contributed by atoms with Gasteiger partial charge in [0.2, 0.25) is 0 Å². The predicted molar refractivity (Wildman–Crippen MR) is 83.8 cm³/mol. The van der Waals surface area contributed by atoms with Gasteiger partial charge in [-0.1, -0.05) is 56.7 Å². The van der Waals surface area contributed by atoms with Gasteiger partial charge in [0.05, 0.1) is 11.4 Å². The Labute approximate surface area is 111 Å². The van der Waals surface area contributed by atoms with E-state index in [-0.39, 0.29) is 0 Å². The lowest BCUT2D eigenvalue weighted by molar-refractivity contribution is 1.32. The highest BCUT2D eigenvalue weighted by molar-refractivity contribution is 6.08. The average Bonchev–Trinajstić information content (AvgIpc) is 2.35. The van der Waals surface area contributed by atoms with E-state index in [0.717, 1.165) is 22.6 Å². The number of hydrogen-bond donors (Lipinski definition) is 0. The molecule has 18 heavy (non-hydrogen) atoms. The third-order valence-electron chi connectivity index (χ3n) is 2.17. The summed E-state index contributed by atoms with van der Waals surface area (Å²) in [6, 6.07) is 0. The third kappa shape index (κ3) is 5.26. The van der Waals surface area contributed by atoms with Gasteiger partial charge >= 0.3 is 0 Å². The molecule has 0 aromatic carbocycles. The minimum atomic E-state index is 0.809. The summed E-state index contributed by atoms with van der Waals surface area (Å²) in [5.41, 5.74) is 3.47. The molecule has 0 aliphatic heterocycles. The summed E-state index contributed by atoms with van der Waals surface area (Å²) in [6.07, 6.45) is 12.7. The van der Waals surface area contributed by atoms with Gasteiger partial charge in [0.1, 0.15) is 0 Å². The minimum absolute atomic E-state index is 0.809. The van der Waals surface area contributed by atoms with Crippen molar-refractivity contribution in [2.24, 2.45) is 4.99 Å². The third-order valence-corrected chi connectivity index (χ3v) is 2.17. The van der Waals surface area contributed by atoms with E-state index in [1.165, 1.54) is 0 Å². The molecule has 0 unspecified atom stereocenters. The van der Waals surface area contributed by atoms with E-state index in [2.05, 4.69) is 31.3 Å². The first-order valence-corrected chi connectivity index (χ1v) is 5.76. The van der Waals surface area contributed by atoms with Gasteiger partial charge in [-0.05, 0) is 37.1 Å². The van der Waals surface area contributed by atoms with E-state index in [9.17, 15) is 0 Å². The second kappa shape index (κ2) is 8.94. The van der Waals surface area contributed by atoms with E-state index in [4.69, 9.17) is 0 Å². The molecule has 0 fully saturated rings. The van der Waals surface area contributed by atoms with Crippen LogP contribution in [-0.4, -0.2) is 5.71 Å². The van der Waals surface area contributed by atoms with Gasteiger partial charge in [0.25, 0.3) is 0 Å². The lowest BCUT2D eigenvalue weighted by atomic mass is 10.1. The van der Waals surface area contributed by atoms with Crippen LogP contribution in [0.3, 0.4) is 0 Å². The van der Waals surface area contributed by atoms with Crippen LogP contribution in [0.2, 0.25) is 0 Å². The molecule has 1 nitrogen and oxygen atoms in total. The van der Waals surface area contributed by atoms with Gasteiger partial charge in [-0.15, -0.1) is 0 Å². The van der Waals surface area contributed by atoms with E-state index >= 15 is 0 Å². The molecule has 0 spiro atoms. The summed E-state index contributed by atoms with van der Waals surface area (Å²) < 4.78 is 0. The molecule has 0 atom stereocenters. The van der Waals surface area contributed by atoms with Gasteiger partial charge in [-0.2, -0.15) is 0 Å². The molecule has 0 rings (SSSR count). The van der Waals surface area contributed by atoms with Gasteiger partial charge in [-0.25, -0.2) is 4.99 Å². The molecule has 0 aliphatic carbocycles. The maximum absolute atomic E-state index is 4.58. The SMILES string of the molecule is C=C\C=C/C(=N/C(=C/C=C)C(/C=C)=C\C)C(=C)C. The normalized spacial score (nSPS) is 13.6. The monoisotopic (exact) mass is 239 g/mol. The number of allylic oxidation sites excluding steroid dienone is 8. The first kappa shape index (κ1) is 15.9. The summed E-state index contributed by atoms with van der Waals surface area (Å²) in [6.45, 7) is 18.9. The lowest BCUT2D eigenvalue weighted by Crippen LogP contribution is -1.96. The molecule has 0 N–H and O–H groups in total. The second-order valence-corrected chi connectivity index (χ2v) is 3.61. The number of aliphatic imine (C=N–C) groups is 1. The fourth-order valence-corrected chi connectivity index (χ4v) is 1.24. The first-order valence-electron chi connectivity index (χ1n) is 5.76. The molecular formula is C17H21N. The Kier molecular flexibility index (Phi) is 7.87. The Morgan fingerprint density at radius 1 is 1.11 bits per heavy atom. The van der Waals surface area contributed by atoms with E-state index in [1.54, 1.807) is 18.2 Å². The summed E-state index contributed by atoms with van der Waals surface area (Å²) in [5, 5.41) is 0. The van der Waals surface area contributed by atoms with Gasteiger partial charge in [0, 0.05) is 0 Å². The zero-order chi connectivity index (χ0) is 14.0. The van der Waals surface area contributed by atoms with Gasteiger partial charge in [0.15, 0.2) is 0 Å². The van der Waals surface area contributed by atoms with Crippen molar-refractivity contribution in [2.45, 2.75) is 13.8 Å². The zero-order valence-electron chi connectivity index (χ0n) is 11.3. The van der Waals surface area contributed by atoms with Crippen molar-refractivity contribution in [3.05, 3.63) is 85.7 Å². The van der Waals surface area contributed by atoms with Crippen molar-refractivity contribution in [1.29, 1.82) is 0 Å².